The molecule has 3 unspecified atom stereocenters. The van der Waals surface area contributed by atoms with E-state index in [4.69, 9.17) is 0 Å². The summed E-state index contributed by atoms with van der Waals surface area (Å²) in [6.07, 6.45) is 0.390. The van der Waals surface area contributed by atoms with E-state index in [-0.39, 0.29) is 6.41 Å². The van der Waals surface area contributed by atoms with Gasteiger partial charge in [0, 0.05) is 25.2 Å². The summed E-state index contributed by atoms with van der Waals surface area (Å²) < 4.78 is 50.1. The van der Waals surface area contributed by atoms with Crippen LogP contribution in [0.3, 0.4) is 0 Å². The SMILES string of the molecule is CCC1CN(C)CC1c1nnc2cnc3c(ccn3S(=O)c3ccc(C)cc3)n12.O=CNCC(F)(F)F. The number of likely N-dealkylation sites (N-methyl/N-ethyl adjacent to an activating group) is 1. The van der Waals surface area contributed by atoms with Crippen LogP contribution in [0.4, 0.5) is 13.2 Å². The van der Waals surface area contributed by atoms with Gasteiger partial charge in [-0.25, -0.2) is 13.2 Å². The van der Waals surface area contributed by atoms with Gasteiger partial charge in [-0.3, -0.25) is 9.20 Å². The van der Waals surface area contributed by atoms with Crippen LogP contribution in [0.1, 0.15) is 30.7 Å². The van der Waals surface area contributed by atoms with Gasteiger partial charge in [0.2, 0.25) is 6.41 Å². The van der Waals surface area contributed by atoms with E-state index in [1.165, 1.54) is 5.32 Å². The second-order valence-electron chi connectivity index (χ2n) is 9.03. The van der Waals surface area contributed by atoms with Crippen LogP contribution in [0.2, 0.25) is 0 Å². The minimum atomic E-state index is -4.29. The van der Waals surface area contributed by atoms with E-state index in [0.717, 1.165) is 47.0 Å². The molecule has 5 rings (SSSR count). The van der Waals surface area contributed by atoms with Gasteiger partial charge in [-0.2, -0.15) is 13.2 Å². The first-order chi connectivity index (χ1) is 17.6. The van der Waals surface area contributed by atoms with Gasteiger partial charge in [0.1, 0.15) is 12.4 Å². The normalized spacial score (nSPS) is 19.1. The van der Waals surface area contributed by atoms with E-state index in [0.29, 0.717) is 17.5 Å². The van der Waals surface area contributed by atoms with Gasteiger partial charge in [0.25, 0.3) is 0 Å². The van der Waals surface area contributed by atoms with Crippen LogP contribution in [-0.4, -0.2) is 71.9 Å². The zero-order valence-electron chi connectivity index (χ0n) is 20.6. The average molecular weight is 536 g/mol. The quantitative estimate of drug-likeness (QED) is 0.381. The smallest absolute Gasteiger partial charge is 0.350 e. The Hall–Kier alpha value is -3.32. The van der Waals surface area contributed by atoms with Crippen molar-refractivity contribution < 1.29 is 22.2 Å². The van der Waals surface area contributed by atoms with Crippen molar-refractivity contribution in [1.29, 1.82) is 0 Å². The van der Waals surface area contributed by atoms with Gasteiger partial charge in [-0.1, -0.05) is 31.0 Å². The Bertz CT molecular complexity index is 1400. The maximum absolute atomic E-state index is 13.2. The number of carbonyl (C=O) groups is 1. The largest absolute Gasteiger partial charge is 0.405 e. The van der Waals surface area contributed by atoms with Crippen LogP contribution >= 0.6 is 0 Å². The molecule has 0 saturated carbocycles. The number of aromatic nitrogens is 5. The van der Waals surface area contributed by atoms with Crippen molar-refractivity contribution in [3.63, 3.8) is 0 Å². The van der Waals surface area contributed by atoms with Crippen molar-refractivity contribution in [2.75, 3.05) is 26.7 Å². The zero-order valence-corrected chi connectivity index (χ0v) is 21.5. The highest BCUT2D eigenvalue weighted by Gasteiger charge is 2.34. The van der Waals surface area contributed by atoms with E-state index in [1.807, 2.05) is 43.5 Å². The lowest BCUT2D eigenvalue weighted by Crippen LogP contribution is -2.27. The van der Waals surface area contributed by atoms with Gasteiger partial charge < -0.3 is 10.2 Å². The van der Waals surface area contributed by atoms with Gasteiger partial charge >= 0.3 is 6.18 Å². The lowest BCUT2D eigenvalue weighted by atomic mass is 9.93. The Balaban J connectivity index is 0.000000349. The number of hydrogen-bond donors (Lipinski definition) is 1. The molecule has 13 heteroatoms. The summed E-state index contributed by atoms with van der Waals surface area (Å²) in [6, 6.07) is 9.72. The number of likely N-dealkylation sites (tertiary alicyclic amines) is 1. The lowest BCUT2D eigenvalue weighted by Gasteiger charge is -2.15. The maximum atomic E-state index is 13.2. The minimum Gasteiger partial charge on any atom is -0.350 e. The molecule has 1 aromatic carbocycles. The first-order valence-corrected chi connectivity index (χ1v) is 12.9. The second kappa shape index (κ2) is 11.0. The zero-order chi connectivity index (χ0) is 26.7. The molecular weight excluding hydrogens is 507 g/mol. The fourth-order valence-corrected chi connectivity index (χ4v) is 5.61. The Labute approximate surface area is 214 Å². The molecule has 3 atom stereocenters. The molecule has 1 amide bonds. The summed E-state index contributed by atoms with van der Waals surface area (Å²) in [6.45, 7) is 5.05. The van der Waals surface area contributed by atoms with Gasteiger partial charge in [-0.05, 0) is 38.1 Å². The topological polar surface area (TPSA) is 97.4 Å². The number of amides is 1. The fraction of sp³-hybridized carbons (Fsp3) is 0.417. The molecule has 1 aliphatic rings. The fourth-order valence-electron chi connectivity index (χ4n) is 4.54. The van der Waals surface area contributed by atoms with Crippen LogP contribution in [0.25, 0.3) is 16.8 Å². The van der Waals surface area contributed by atoms with Crippen LogP contribution in [0.5, 0.6) is 0 Å². The van der Waals surface area contributed by atoms with E-state index in [1.54, 1.807) is 10.2 Å². The molecular formula is C24H28F3N7O2S. The monoisotopic (exact) mass is 535 g/mol. The number of halogens is 3. The van der Waals surface area contributed by atoms with Gasteiger partial charge in [0.15, 0.2) is 22.3 Å². The lowest BCUT2D eigenvalue weighted by molar-refractivity contribution is -0.132. The number of rotatable bonds is 6. The molecule has 1 aliphatic heterocycles. The van der Waals surface area contributed by atoms with E-state index in [9.17, 15) is 22.2 Å². The average Bonchev–Trinajstić information content (AvgIpc) is 3.58. The van der Waals surface area contributed by atoms with Crippen LogP contribution < -0.4 is 5.32 Å². The standard InChI is InChI=1S/C21H24N6OS.C3H4F3NO/c1-4-15-12-25(3)13-17(15)20-24-23-19-11-22-21-18(27(19)20)9-10-26(21)29(28)16-7-5-14(2)6-8-16;4-3(5,6)1-7-2-8/h5-11,15,17H,4,12-13H2,1-3H3;2H,1H2,(H,7,8). The predicted molar refractivity (Wildman–Crippen MR) is 133 cm³/mol. The molecule has 0 radical (unpaired) electrons. The van der Waals surface area contributed by atoms with Crippen molar-refractivity contribution in [1.82, 2.24) is 33.8 Å². The van der Waals surface area contributed by atoms with E-state index < -0.39 is 23.7 Å². The van der Waals surface area contributed by atoms with Crippen LogP contribution in [0, 0.1) is 12.8 Å². The highest BCUT2D eigenvalue weighted by Crippen LogP contribution is 2.34. The number of fused-ring (bicyclic) bond motifs is 3. The third kappa shape index (κ3) is 5.82. The third-order valence-corrected chi connectivity index (χ3v) is 7.66. The molecule has 198 valence electrons. The Morgan fingerprint density at radius 2 is 1.89 bits per heavy atom. The summed E-state index contributed by atoms with van der Waals surface area (Å²) in [5.74, 6) is 1.86. The molecule has 4 aromatic rings. The first-order valence-electron chi connectivity index (χ1n) is 11.7. The highest BCUT2D eigenvalue weighted by atomic mass is 32.2. The Morgan fingerprint density at radius 1 is 1.16 bits per heavy atom. The number of nitrogens with one attached hydrogen (secondary N) is 1. The van der Waals surface area contributed by atoms with Crippen molar-refractivity contribution in [3.05, 3.63) is 54.1 Å². The van der Waals surface area contributed by atoms with Crippen molar-refractivity contribution in [3.8, 4) is 0 Å². The molecule has 9 nitrogen and oxygen atoms in total. The van der Waals surface area contributed by atoms with Crippen molar-refractivity contribution in [2.45, 2.75) is 37.3 Å². The minimum absolute atomic E-state index is 0.00743. The molecule has 0 aliphatic carbocycles. The second-order valence-corrected chi connectivity index (χ2v) is 10.4. The summed E-state index contributed by atoms with van der Waals surface area (Å²) >= 11 is 0. The van der Waals surface area contributed by atoms with Gasteiger partial charge in [-0.15, -0.1) is 10.2 Å². The molecule has 1 saturated heterocycles. The van der Waals surface area contributed by atoms with E-state index >= 15 is 0 Å². The number of alkyl halides is 3. The van der Waals surface area contributed by atoms with Crippen LogP contribution in [-0.2, 0) is 15.8 Å². The summed E-state index contributed by atoms with van der Waals surface area (Å²) in [5, 5.41) is 10.4. The number of hydrogen-bond acceptors (Lipinski definition) is 6. The number of aryl methyl sites for hydroxylation is 1. The summed E-state index contributed by atoms with van der Waals surface area (Å²) in [5.41, 5.74) is 3.45. The van der Waals surface area contributed by atoms with Gasteiger partial charge in [0.05, 0.1) is 16.6 Å². The molecule has 37 heavy (non-hydrogen) atoms. The number of carbonyl (C=O) groups excluding carboxylic acids is 1. The van der Waals surface area contributed by atoms with Crippen molar-refractivity contribution >= 4 is 34.2 Å². The molecule has 1 N–H and O–H groups in total. The number of nitrogens with zero attached hydrogens (tertiary/aromatic N) is 6. The predicted octanol–water partition coefficient (Wildman–Crippen LogP) is 3.31. The maximum Gasteiger partial charge on any atom is 0.405 e. The van der Waals surface area contributed by atoms with Crippen molar-refractivity contribution in [2.24, 2.45) is 5.92 Å². The molecule has 0 spiro atoms. The Morgan fingerprint density at radius 3 is 2.51 bits per heavy atom. The summed E-state index contributed by atoms with van der Waals surface area (Å²) in [7, 11) is 0.797. The molecule has 4 heterocycles. The summed E-state index contributed by atoms with van der Waals surface area (Å²) in [4.78, 5) is 16.9. The first kappa shape index (κ1) is 26.7. The van der Waals surface area contributed by atoms with Crippen LogP contribution in [0.15, 0.2) is 47.6 Å². The molecule has 3 aromatic heterocycles. The molecule has 1 fully saturated rings. The highest BCUT2D eigenvalue weighted by molar-refractivity contribution is 7.83. The Kier molecular flexibility index (Phi) is 7.93. The van der Waals surface area contributed by atoms with E-state index in [2.05, 4.69) is 38.5 Å². The third-order valence-electron chi connectivity index (χ3n) is 6.33. The number of benzene rings is 1. The molecule has 0 bridgehead atoms.